The first-order valence-corrected chi connectivity index (χ1v) is 8.97. The van der Waals surface area contributed by atoms with Crippen molar-refractivity contribution in [3.63, 3.8) is 0 Å². The number of nitrogens with zero attached hydrogens (tertiary/aromatic N) is 1. The number of ether oxygens (including phenoxy) is 2. The summed E-state index contributed by atoms with van der Waals surface area (Å²) in [7, 11) is 1.17. The molecular formula is C22H12F6N2O3. The molecule has 33 heavy (non-hydrogen) atoms. The molecule has 0 aliphatic rings. The second-order valence-corrected chi connectivity index (χ2v) is 6.46. The Morgan fingerprint density at radius 3 is 2.30 bits per heavy atom. The van der Waals surface area contributed by atoms with Crippen LogP contribution in [0.25, 0.3) is 0 Å². The maximum absolute atomic E-state index is 14.9. The van der Waals surface area contributed by atoms with Crippen molar-refractivity contribution in [2.45, 2.75) is 6.18 Å². The molecule has 0 unspecified atom stereocenters. The topological polar surface area (TPSA) is 71.3 Å². The summed E-state index contributed by atoms with van der Waals surface area (Å²) in [6.45, 7) is 0. The number of amides is 1. The van der Waals surface area contributed by atoms with Crippen molar-refractivity contribution >= 4 is 11.6 Å². The monoisotopic (exact) mass is 466 g/mol. The largest absolute Gasteiger partial charge is 0.493 e. The zero-order chi connectivity index (χ0) is 24.3. The van der Waals surface area contributed by atoms with E-state index in [4.69, 9.17) is 14.7 Å². The molecular weight excluding hydrogens is 454 g/mol. The van der Waals surface area contributed by atoms with Gasteiger partial charge in [-0.05, 0) is 42.5 Å². The normalized spacial score (nSPS) is 11.0. The van der Waals surface area contributed by atoms with E-state index in [-0.39, 0.29) is 17.2 Å². The van der Waals surface area contributed by atoms with Gasteiger partial charge in [-0.1, -0.05) is 0 Å². The number of benzene rings is 3. The van der Waals surface area contributed by atoms with Gasteiger partial charge in [-0.25, -0.2) is 13.2 Å². The third-order valence-electron chi connectivity index (χ3n) is 4.33. The summed E-state index contributed by atoms with van der Waals surface area (Å²) >= 11 is 0. The average Bonchev–Trinajstić information content (AvgIpc) is 2.75. The number of halogens is 6. The molecule has 0 fully saturated rings. The Morgan fingerprint density at radius 2 is 1.67 bits per heavy atom. The molecule has 170 valence electrons. The van der Waals surface area contributed by atoms with E-state index < -0.39 is 52.0 Å². The molecule has 0 atom stereocenters. The Bertz CT molecular complexity index is 1270. The van der Waals surface area contributed by atoms with Crippen LogP contribution in [0.15, 0.2) is 48.5 Å². The molecule has 1 N–H and O–H groups in total. The molecule has 0 aliphatic carbocycles. The van der Waals surface area contributed by atoms with E-state index in [0.29, 0.717) is 6.07 Å². The van der Waals surface area contributed by atoms with Crippen LogP contribution in [0.1, 0.15) is 21.5 Å². The summed E-state index contributed by atoms with van der Waals surface area (Å²) in [5, 5.41) is 11.0. The van der Waals surface area contributed by atoms with E-state index in [0.717, 1.165) is 42.5 Å². The molecule has 5 nitrogen and oxygen atoms in total. The maximum atomic E-state index is 14.9. The van der Waals surface area contributed by atoms with Crippen LogP contribution in [0, 0.1) is 28.8 Å². The highest BCUT2D eigenvalue weighted by Crippen LogP contribution is 2.39. The summed E-state index contributed by atoms with van der Waals surface area (Å²) in [5.74, 6) is -5.91. The van der Waals surface area contributed by atoms with E-state index in [9.17, 15) is 31.1 Å². The third-order valence-corrected chi connectivity index (χ3v) is 4.33. The van der Waals surface area contributed by atoms with Gasteiger partial charge in [-0.3, -0.25) is 4.79 Å². The lowest BCUT2D eigenvalue weighted by Crippen LogP contribution is -2.19. The number of alkyl halides is 3. The summed E-state index contributed by atoms with van der Waals surface area (Å²) in [6.07, 6.45) is -5.13. The average molecular weight is 466 g/mol. The Morgan fingerprint density at radius 1 is 0.970 bits per heavy atom. The van der Waals surface area contributed by atoms with Gasteiger partial charge in [0.05, 0.1) is 18.2 Å². The highest BCUT2D eigenvalue weighted by atomic mass is 19.4. The summed E-state index contributed by atoms with van der Waals surface area (Å²) in [5.41, 5.74) is -3.49. The Hall–Kier alpha value is -4.20. The van der Waals surface area contributed by atoms with Gasteiger partial charge in [-0.2, -0.15) is 18.4 Å². The van der Waals surface area contributed by atoms with Crippen molar-refractivity contribution in [1.82, 2.24) is 0 Å². The van der Waals surface area contributed by atoms with Gasteiger partial charge < -0.3 is 14.8 Å². The fourth-order valence-corrected chi connectivity index (χ4v) is 2.80. The van der Waals surface area contributed by atoms with Crippen molar-refractivity contribution in [2.24, 2.45) is 0 Å². The molecule has 0 saturated carbocycles. The Kier molecular flexibility index (Phi) is 6.48. The zero-order valence-corrected chi connectivity index (χ0v) is 16.6. The minimum absolute atomic E-state index is 0.168. The maximum Gasteiger partial charge on any atom is 0.419 e. The van der Waals surface area contributed by atoms with Crippen LogP contribution < -0.4 is 14.8 Å². The number of carbonyl (C=O) groups excluding carboxylic acids is 1. The molecule has 0 bridgehead atoms. The van der Waals surface area contributed by atoms with Gasteiger partial charge in [-0.15, -0.1) is 0 Å². The molecule has 0 heterocycles. The lowest BCUT2D eigenvalue weighted by molar-refractivity contribution is -0.140. The number of nitriles is 1. The molecule has 3 rings (SSSR count). The minimum atomic E-state index is -5.13. The molecule has 0 aromatic heterocycles. The minimum Gasteiger partial charge on any atom is -0.493 e. The lowest BCUT2D eigenvalue weighted by Gasteiger charge is -2.17. The van der Waals surface area contributed by atoms with Crippen LogP contribution >= 0.6 is 0 Å². The van der Waals surface area contributed by atoms with Gasteiger partial charge in [0.2, 0.25) is 0 Å². The lowest BCUT2D eigenvalue weighted by atomic mass is 10.1. The van der Waals surface area contributed by atoms with Crippen molar-refractivity contribution in [3.05, 3.63) is 82.7 Å². The first-order chi connectivity index (χ1) is 15.5. The Balaban J connectivity index is 2.09. The number of nitrogens with one attached hydrogen (secondary N) is 1. The molecule has 0 radical (unpaired) electrons. The second kappa shape index (κ2) is 9.12. The summed E-state index contributed by atoms with van der Waals surface area (Å²) in [6, 6.07) is 8.37. The zero-order valence-electron chi connectivity index (χ0n) is 16.6. The van der Waals surface area contributed by atoms with E-state index in [2.05, 4.69) is 5.32 Å². The van der Waals surface area contributed by atoms with Crippen LogP contribution in [-0.4, -0.2) is 13.0 Å². The SMILES string of the molecule is COc1cc(F)ccc1Oc1ccc(C(F)(F)F)c(F)c1C(=O)Nc1ccc(F)c(C#N)c1. The number of anilines is 1. The van der Waals surface area contributed by atoms with Crippen molar-refractivity contribution in [2.75, 3.05) is 12.4 Å². The molecule has 0 aliphatic heterocycles. The van der Waals surface area contributed by atoms with Crippen molar-refractivity contribution < 1.29 is 40.6 Å². The third kappa shape index (κ3) is 5.01. The van der Waals surface area contributed by atoms with Crippen LogP contribution in [0.5, 0.6) is 17.2 Å². The fourth-order valence-electron chi connectivity index (χ4n) is 2.80. The van der Waals surface area contributed by atoms with Crippen LogP contribution in [0.2, 0.25) is 0 Å². The van der Waals surface area contributed by atoms with Gasteiger partial charge in [0.25, 0.3) is 5.91 Å². The van der Waals surface area contributed by atoms with E-state index >= 15 is 0 Å². The quantitative estimate of drug-likeness (QED) is 0.465. The predicted octanol–water partition coefficient (Wildman–Crippen LogP) is 6.05. The van der Waals surface area contributed by atoms with E-state index in [1.807, 2.05) is 0 Å². The van der Waals surface area contributed by atoms with E-state index in [1.54, 1.807) is 0 Å². The second-order valence-electron chi connectivity index (χ2n) is 6.46. The highest BCUT2D eigenvalue weighted by molar-refractivity contribution is 6.06. The fraction of sp³-hybridized carbons (Fsp3) is 0.0909. The Labute approximate surface area is 182 Å². The first-order valence-electron chi connectivity index (χ1n) is 8.97. The van der Waals surface area contributed by atoms with Gasteiger partial charge >= 0.3 is 6.18 Å². The first kappa shape index (κ1) is 23.5. The number of hydrogen-bond donors (Lipinski definition) is 1. The number of rotatable bonds is 5. The van der Waals surface area contributed by atoms with Gasteiger partial charge in [0.1, 0.15) is 29.0 Å². The molecule has 0 saturated heterocycles. The van der Waals surface area contributed by atoms with Crippen molar-refractivity contribution in [3.8, 4) is 23.3 Å². The molecule has 1 amide bonds. The molecule has 11 heteroatoms. The number of methoxy groups -OCH3 is 1. The predicted molar refractivity (Wildman–Crippen MR) is 103 cm³/mol. The van der Waals surface area contributed by atoms with E-state index in [1.165, 1.54) is 13.2 Å². The number of carbonyl (C=O) groups is 1. The smallest absolute Gasteiger partial charge is 0.419 e. The molecule has 3 aromatic rings. The number of hydrogen-bond acceptors (Lipinski definition) is 4. The van der Waals surface area contributed by atoms with Crippen LogP contribution in [-0.2, 0) is 6.18 Å². The van der Waals surface area contributed by atoms with Crippen LogP contribution in [0.4, 0.5) is 32.0 Å². The van der Waals surface area contributed by atoms with Gasteiger partial charge in [0.15, 0.2) is 17.3 Å². The summed E-state index contributed by atoms with van der Waals surface area (Å²) < 4.78 is 91.8. The van der Waals surface area contributed by atoms with Crippen molar-refractivity contribution in [1.29, 1.82) is 5.26 Å². The van der Waals surface area contributed by atoms with Crippen LogP contribution in [0.3, 0.4) is 0 Å². The van der Waals surface area contributed by atoms with Gasteiger partial charge in [0, 0.05) is 11.8 Å². The standard InChI is InChI=1S/C22H12F6N2O3/c1-32-18-9-12(23)2-6-16(18)33-17-7-4-14(22(26,27)28)20(25)19(17)21(31)30-13-3-5-15(24)11(8-13)10-29/h2-9H,1H3,(H,30,31). The molecule has 0 spiro atoms. The molecule has 3 aromatic carbocycles. The highest BCUT2D eigenvalue weighted by Gasteiger charge is 2.37. The summed E-state index contributed by atoms with van der Waals surface area (Å²) in [4.78, 5) is 12.8.